The van der Waals surface area contributed by atoms with E-state index in [1.54, 1.807) is 6.92 Å². The first-order chi connectivity index (χ1) is 8.36. The van der Waals surface area contributed by atoms with Crippen LogP contribution in [-0.4, -0.2) is 37.0 Å². The van der Waals surface area contributed by atoms with Crippen LogP contribution in [0.1, 0.15) is 41.0 Å². The molecule has 0 heterocycles. The Labute approximate surface area is 110 Å². The van der Waals surface area contributed by atoms with Gasteiger partial charge in [-0.3, -0.25) is 9.59 Å². The molecule has 106 valence electrons. The van der Waals surface area contributed by atoms with Gasteiger partial charge in [-0.15, -0.1) is 0 Å². The van der Waals surface area contributed by atoms with Crippen molar-refractivity contribution in [1.82, 2.24) is 16.0 Å². The average molecular weight is 257 g/mol. The molecule has 3 N–H and O–H groups in total. The summed E-state index contributed by atoms with van der Waals surface area (Å²) in [6, 6.07) is -0.184. The summed E-state index contributed by atoms with van der Waals surface area (Å²) in [6.07, 6.45) is 0.970. The largest absolute Gasteiger partial charge is 0.354 e. The Balaban J connectivity index is 3.88. The third kappa shape index (κ3) is 8.06. The average Bonchev–Trinajstić information content (AvgIpc) is 2.32. The maximum absolute atomic E-state index is 11.6. The molecule has 2 unspecified atom stereocenters. The predicted molar refractivity (Wildman–Crippen MR) is 73.2 cm³/mol. The molecule has 0 saturated carbocycles. The van der Waals surface area contributed by atoms with Crippen LogP contribution < -0.4 is 16.0 Å². The Hall–Kier alpha value is -1.10. The Morgan fingerprint density at radius 2 is 1.72 bits per heavy atom. The van der Waals surface area contributed by atoms with Crippen LogP contribution in [0, 0.1) is 5.92 Å². The summed E-state index contributed by atoms with van der Waals surface area (Å²) >= 11 is 0. The van der Waals surface area contributed by atoms with Gasteiger partial charge in [0.15, 0.2) is 0 Å². The van der Waals surface area contributed by atoms with Gasteiger partial charge in [0.1, 0.15) is 6.04 Å². The lowest BCUT2D eigenvalue weighted by molar-refractivity contribution is -0.128. The molecule has 0 aromatic carbocycles. The first kappa shape index (κ1) is 16.9. The third-order valence-corrected chi connectivity index (χ3v) is 2.68. The van der Waals surface area contributed by atoms with Crippen LogP contribution in [0.25, 0.3) is 0 Å². The minimum atomic E-state index is -0.491. The van der Waals surface area contributed by atoms with Gasteiger partial charge in [0.05, 0.1) is 6.54 Å². The first-order valence-electron chi connectivity index (χ1n) is 6.67. The van der Waals surface area contributed by atoms with Gasteiger partial charge in [-0.05, 0) is 26.2 Å². The molecule has 0 saturated heterocycles. The molecule has 0 radical (unpaired) electrons. The summed E-state index contributed by atoms with van der Waals surface area (Å²) in [5.41, 5.74) is 0. The predicted octanol–water partition coefficient (Wildman–Crippen LogP) is 0.651. The van der Waals surface area contributed by atoms with E-state index in [-0.39, 0.29) is 18.4 Å². The minimum Gasteiger partial charge on any atom is -0.354 e. The summed E-state index contributed by atoms with van der Waals surface area (Å²) < 4.78 is 0. The van der Waals surface area contributed by atoms with Crippen molar-refractivity contribution >= 4 is 11.8 Å². The SMILES string of the molecule is CCC(C)NCC(=O)NC(C)C(=O)NCC(C)C. The molecule has 2 amide bonds. The van der Waals surface area contributed by atoms with Gasteiger partial charge in [0.2, 0.25) is 11.8 Å². The lowest BCUT2D eigenvalue weighted by atomic mass is 10.2. The van der Waals surface area contributed by atoms with Crippen LogP contribution >= 0.6 is 0 Å². The number of rotatable bonds is 8. The Bertz CT molecular complexity index is 267. The molecule has 0 rings (SSSR count). The molecule has 0 aliphatic rings. The number of hydrogen-bond acceptors (Lipinski definition) is 3. The fourth-order valence-electron chi connectivity index (χ4n) is 1.23. The van der Waals surface area contributed by atoms with Crippen molar-refractivity contribution in [3.8, 4) is 0 Å². The van der Waals surface area contributed by atoms with Gasteiger partial charge in [-0.2, -0.15) is 0 Å². The topological polar surface area (TPSA) is 70.2 Å². The van der Waals surface area contributed by atoms with E-state index in [9.17, 15) is 9.59 Å². The molecule has 0 aliphatic carbocycles. The fourth-order valence-corrected chi connectivity index (χ4v) is 1.23. The molecule has 5 heteroatoms. The molecule has 2 atom stereocenters. The van der Waals surface area contributed by atoms with E-state index in [2.05, 4.69) is 22.9 Å². The van der Waals surface area contributed by atoms with Gasteiger partial charge in [-0.1, -0.05) is 20.8 Å². The van der Waals surface area contributed by atoms with E-state index in [1.165, 1.54) is 0 Å². The highest BCUT2D eigenvalue weighted by atomic mass is 16.2. The van der Waals surface area contributed by atoms with Crippen LogP contribution in [-0.2, 0) is 9.59 Å². The van der Waals surface area contributed by atoms with E-state index < -0.39 is 6.04 Å². The van der Waals surface area contributed by atoms with E-state index in [0.717, 1.165) is 6.42 Å². The van der Waals surface area contributed by atoms with E-state index in [1.807, 2.05) is 20.8 Å². The highest BCUT2D eigenvalue weighted by Gasteiger charge is 2.15. The smallest absolute Gasteiger partial charge is 0.242 e. The monoisotopic (exact) mass is 257 g/mol. The van der Waals surface area contributed by atoms with Crippen molar-refractivity contribution in [2.75, 3.05) is 13.1 Å². The van der Waals surface area contributed by atoms with Crippen molar-refractivity contribution < 1.29 is 9.59 Å². The van der Waals surface area contributed by atoms with Crippen LogP contribution in [0.15, 0.2) is 0 Å². The van der Waals surface area contributed by atoms with Gasteiger partial charge in [-0.25, -0.2) is 0 Å². The van der Waals surface area contributed by atoms with Crippen LogP contribution in [0.5, 0.6) is 0 Å². The second-order valence-corrected chi connectivity index (χ2v) is 5.12. The number of nitrogens with one attached hydrogen (secondary N) is 3. The van der Waals surface area contributed by atoms with Crippen molar-refractivity contribution in [3.63, 3.8) is 0 Å². The second kappa shape index (κ2) is 8.91. The molecule has 0 fully saturated rings. The number of amides is 2. The van der Waals surface area contributed by atoms with Gasteiger partial charge in [0.25, 0.3) is 0 Å². The van der Waals surface area contributed by atoms with E-state index in [0.29, 0.717) is 18.5 Å². The van der Waals surface area contributed by atoms with Crippen LogP contribution in [0.2, 0.25) is 0 Å². The standard InChI is InChI=1S/C13H27N3O2/c1-6-10(4)14-8-12(17)16-11(5)13(18)15-7-9(2)3/h9-11,14H,6-8H2,1-5H3,(H,15,18)(H,16,17). The molecule has 18 heavy (non-hydrogen) atoms. The highest BCUT2D eigenvalue weighted by Crippen LogP contribution is 1.90. The van der Waals surface area contributed by atoms with Crippen molar-refractivity contribution in [1.29, 1.82) is 0 Å². The quantitative estimate of drug-likeness (QED) is 0.598. The molecule has 0 spiro atoms. The second-order valence-electron chi connectivity index (χ2n) is 5.12. The zero-order valence-corrected chi connectivity index (χ0v) is 12.2. The maximum atomic E-state index is 11.6. The number of hydrogen-bond donors (Lipinski definition) is 3. The summed E-state index contributed by atoms with van der Waals surface area (Å²) in [5.74, 6) is 0.118. The normalized spacial score (nSPS) is 14.1. The number of carbonyl (C=O) groups is 2. The minimum absolute atomic E-state index is 0.138. The van der Waals surface area contributed by atoms with Gasteiger partial charge >= 0.3 is 0 Å². The zero-order valence-electron chi connectivity index (χ0n) is 12.2. The van der Waals surface area contributed by atoms with Gasteiger partial charge in [0, 0.05) is 12.6 Å². The van der Waals surface area contributed by atoms with Crippen LogP contribution in [0.4, 0.5) is 0 Å². The summed E-state index contributed by atoms with van der Waals surface area (Å²) in [4.78, 5) is 23.2. The van der Waals surface area contributed by atoms with E-state index >= 15 is 0 Å². The van der Waals surface area contributed by atoms with E-state index in [4.69, 9.17) is 0 Å². The summed E-state index contributed by atoms with van der Waals surface area (Å²) in [7, 11) is 0. The Kier molecular flexibility index (Phi) is 8.37. The molecular weight excluding hydrogens is 230 g/mol. The molecule has 5 nitrogen and oxygen atoms in total. The summed E-state index contributed by atoms with van der Waals surface area (Å²) in [5, 5.41) is 8.54. The molecule has 0 bridgehead atoms. The Morgan fingerprint density at radius 1 is 1.11 bits per heavy atom. The molecule has 0 aromatic heterocycles. The molecular formula is C13H27N3O2. The van der Waals surface area contributed by atoms with Crippen LogP contribution in [0.3, 0.4) is 0 Å². The van der Waals surface area contributed by atoms with Crippen molar-refractivity contribution in [2.24, 2.45) is 5.92 Å². The first-order valence-corrected chi connectivity index (χ1v) is 6.67. The highest BCUT2D eigenvalue weighted by molar-refractivity contribution is 5.87. The number of carbonyl (C=O) groups excluding carboxylic acids is 2. The third-order valence-electron chi connectivity index (χ3n) is 2.68. The molecule has 0 aliphatic heterocycles. The maximum Gasteiger partial charge on any atom is 0.242 e. The summed E-state index contributed by atoms with van der Waals surface area (Å²) in [6.45, 7) is 10.7. The fraction of sp³-hybridized carbons (Fsp3) is 0.846. The van der Waals surface area contributed by atoms with Crippen molar-refractivity contribution in [2.45, 2.75) is 53.1 Å². The van der Waals surface area contributed by atoms with Crippen molar-refractivity contribution in [3.05, 3.63) is 0 Å². The molecule has 0 aromatic rings. The zero-order chi connectivity index (χ0) is 14.1. The Morgan fingerprint density at radius 3 is 2.22 bits per heavy atom. The lowest BCUT2D eigenvalue weighted by Gasteiger charge is -2.16. The van der Waals surface area contributed by atoms with Gasteiger partial charge < -0.3 is 16.0 Å². The lowest BCUT2D eigenvalue weighted by Crippen LogP contribution is -2.48.